The van der Waals surface area contributed by atoms with Crippen LogP contribution in [0.15, 0.2) is 58.5 Å². The van der Waals surface area contributed by atoms with Crippen molar-refractivity contribution >= 4 is 33.5 Å². The Morgan fingerprint density at radius 2 is 1.95 bits per heavy atom. The summed E-state index contributed by atoms with van der Waals surface area (Å²) in [6.45, 7) is 0. The monoisotopic (exact) mass is 289 g/mol. The fourth-order valence-electron chi connectivity index (χ4n) is 2.15. The lowest BCUT2D eigenvalue weighted by atomic mass is 10.1. The third-order valence-corrected chi connectivity index (χ3v) is 5.31. The zero-order chi connectivity index (χ0) is 13.2. The van der Waals surface area contributed by atoms with Crippen molar-refractivity contribution in [1.82, 2.24) is 4.31 Å². The molecule has 0 radical (unpaired) electrons. The van der Waals surface area contributed by atoms with Crippen LogP contribution in [-0.2, 0) is 10.8 Å². The van der Waals surface area contributed by atoms with Crippen molar-refractivity contribution in [2.75, 3.05) is 12.8 Å². The van der Waals surface area contributed by atoms with E-state index in [1.807, 2.05) is 12.5 Å². The van der Waals surface area contributed by atoms with Crippen molar-refractivity contribution in [2.45, 2.75) is 11.3 Å². The van der Waals surface area contributed by atoms with Gasteiger partial charge in [-0.05, 0) is 34.9 Å². The van der Waals surface area contributed by atoms with E-state index in [4.69, 9.17) is 0 Å². The van der Waals surface area contributed by atoms with E-state index in [9.17, 15) is 4.21 Å². The summed E-state index contributed by atoms with van der Waals surface area (Å²) in [5.41, 5.74) is 1.16. The molecule has 0 spiro atoms. The highest BCUT2D eigenvalue weighted by Crippen LogP contribution is 2.30. The van der Waals surface area contributed by atoms with Crippen molar-refractivity contribution in [2.24, 2.45) is 0 Å². The first-order valence-corrected chi connectivity index (χ1v) is 8.36. The van der Waals surface area contributed by atoms with Gasteiger partial charge in [0.05, 0.1) is 0 Å². The molecule has 4 heteroatoms. The zero-order valence-electron chi connectivity index (χ0n) is 10.7. The molecule has 0 saturated carbocycles. The number of hydrogen-bond acceptors (Lipinski definition) is 3. The predicted molar refractivity (Wildman–Crippen MR) is 83.3 cm³/mol. The topological polar surface area (TPSA) is 20.3 Å². The number of fused-ring (bicyclic) bond motifs is 1. The molecule has 1 heterocycles. The standard InChI is InChI=1S/C15H15NOS2/c1-16(14-8-9-19(17)11-14)18-15-7-6-12-4-2-3-5-13(12)10-15/h2-7,10-11H,8-9H2,1H3. The molecule has 0 aliphatic carbocycles. The van der Waals surface area contributed by atoms with Gasteiger partial charge in [0.15, 0.2) is 0 Å². The van der Waals surface area contributed by atoms with Gasteiger partial charge in [-0.3, -0.25) is 4.21 Å². The molecule has 19 heavy (non-hydrogen) atoms. The Kier molecular flexibility index (Phi) is 3.62. The first-order valence-electron chi connectivity index (χ1n) is 6.21. The molecule has 1 unspecified atom stereocenters. The Bertz CT molecular complexity index is 666. The van der Waals surface area contributed by atoms with Crippen molar-refractivity contribution in [1.29, 1.82) is 0 Å². The molecule has 2 nitrogen and oxygen atoms in total. The van der Waals surface area contributed by atoms with Crippen LogP contribution in [0, 0.1) is 0 Å². The predicted octanol–water partition coefficient (Wildman–Crippen LogP) is 3.77. The summed E-state index contributed by atoms with van der Waals surface area (Å²) in [6, 6.07) is 14.8. The van der Waals surface area contributed by atoms with E-state index in [0.717, 1.165) is 17.9 Å². The molecular formula is C15H15NOS2. The van der Waals surface area contributed by atoms with Crippen LogP contribution in [-0.4, -0.2) is 21.3 Å². The van der Waals surface area contributed by atoms with Crippen LogP contribution in [0.3, 0.4) is 0 Å². The van der Waals surface area contributed by atoms with Gasteiger partial charge in [0.25, 0.3) is 0 Å². The van der Waals surface area contributed by atoms with Gasteiger partial charge in [-0.25, -0.2) is 0 Å². The van der Waals surface area contributed by atoms with Crippen LogP contribution >= 0.6 is 11.9 Å². The lowest BCUT2D eigenvalue weighted by molar-refractivity contribution is 0.674. The van der Waals surface area contributed by atoms with Crippen LogP contribution in [0.4, 0.5) is 0 Å². The average Bonchev–Trinajstić information content (AvgIpc) is 2.85. The molecule has 0 amide bonds. The summed E-state index contributed by atoms with van der Waals surface area (Å²) >= 11 is 1.69. The molecule has 98 valence electrons. The minimum absolute atomic E-state index is 0.762. The summed E-state index contributed by atoms with van der Waals surface area (Å²) < 4.78 is 13.5. The fraction of sp³-hybridized carbons (Fsp3) is 0.200. The second-order valence-corrected chi connectivity index (χ2v) is 7.15. The van der Waals surface area contributed by atoms with E-state index in [1.165, 1.54) is 15.7 Å². The van der Waals surface area contributed by atoms with Gasteiger partial charge >= 0.3 is 0 Å². The Morgan fingerprint density at radius 3 is 2.68 bits per heavy atom. The molecule has 2 aromatic rings. The Labute approximate surface area is 120 Å². The Morgan fingerprint density at radius 1 is 1.16 bits per heavy atom. The SMILES string of the molecule is CN(Sc1ccc2ccccc2c1)C1=CS(=O)CC1. The molecule has 1 atom stereocenters. The summed E-state index contributed by atoms with van der Waals surface area (Å²) in [5, 5.41) is 4.38. The molecule has 0 N–H and O–H groups in total. The van der Waals surface area contributed by atoms with E-state index in [1.54, 1.807) is 11.9 Å². The molecular weight excluding hydrogens is 274 g/mol. The van der Waals surface area contributed by atoms with Crippen molar-refractivity contribution in [3.8, 4) is 0 Å². The van der Waals surface area contributed by atoms with Crippen molar-refractivity contribution in [3.63, 3.8) is 0 Å². The number of benzene rings is 2. The summed E-state index contributed by atoms with van der Waals surface area (Å²) in [7, 11) is 1.27. The Hall–Kier alpha value is -1.26. The largest absolute Gasteiger partial charge is 0.318 e. The summed E-state index contributed by atoms with van der Waals surface area (Å²) in [4.78, 5) is 1.21. The van der Waals surface area contributed by atoms with E-state index < -0.39 is 10.8 Å². The number of allylic oxidation sites excluding steroid dienone is 1. The van der Waals surface area contributed by atoms with Gasteiger partial charge in [-0.2, -0.15) is 0 Å². The van der Waals surface area contributed by atoms with Crippen LogP contribution in [0.2, 0.25) is 0 Å². The molecule has 1 aliphatic heterocycles. The second-order valence-electron chi connectivity index (χ2n) is 4.54. The third kappa shape index (κ3) is 2.85. The first-order chi connectivity index (χ1) is 9.22. The normalized spacial score (nSPS) is 18.6. The zero-order valence-corrected chi connectivity index (χ0v) is 12.3. The van der Waals surface area contributed by atoms with E-state index in [2.05, 4.69) is 46.8 Å². The van der Waals surface area contributed by atoms with Gasteiger partial charge in [-0.1, -0.05) is 30.3 Å². The average molecular weight is 289 g/mol. The van der Waals surface area contributed by atoms with Crippen LogP contribution < -0.4 is 0 Å². The van der Waals surface area contributed by atoms with Gasteiger partial charge in [0, 0.05) is 46.0 Å². The molecule has 0 saturated heterocycles. The maximum atomic E-state index is 11.4. The minimum atomic E-state index is -0.771. The second kappa shape index (κ2) is 5.39. The van der Waals surface area contributed by atoms with E-state index in [-0.39, 0.29) is 0 Å². The molecule has 3 rings (SSSR count). The highest BCUT2D eigenvalue weighted by Gasteiger charge is 2.15. The first kappa shape index (κ1) is 12.8. The summed E-state index contributed by atoms with van der Waals surface area (Å²) in [5.74, 6) is 0.762. The molecule has 0 fully saturated rings. The summed E-state index contributed by atoms with van der Waals surface area (Å²) in [6.07, 6.45) is 0.906. The molecule has 0 aromatic heterocycles. The van der Waals surface area contributed by atoms with Gasteiger partial charge in [0.2, 0.25) is 0 Å². The van der Waals surface area contributed by atoms with E-state index in [0.29, 0.717) is 0 Å². The van der Waals surface area contributed by atoms with Gasteiger partial charge in [0.1, 0.15) is 0 Å². The lowest BCUT2D eigenvalue weighted by Crippen LogP contribution is -2.06. The van der Waals surface area contributed by atoms with E-state index >= 15 is 0 Å². The Balaban J connectivity index is 1.81. The number of hydrogen-bond donors (Lipinski definition) is 0. The highest BCUT2D eigenvalue weighted by atomic mass is 32.2. The maximum absolute atomic E-state index is 11.4. The van der Waals surface area contributed by atoms with Crippen molar-refractivity contribution in [3.05, 3.63) is 53.6 Å². The molecule has 1 aliphatic rings. The van der Waals surface area contributed by atoms with Crippen LogP contribution in [0.25, 0.3) is 10.8 Å². The highest BCUT2D eigenvalue weighted by molar-refractivity contribution is 7.97. The van der Waals surface area contributed by atoms with Crippen molar-refractivity contribution < 1.29 is 4.21 Å². The molecule has 0 bridgehead atoms. The molecule has 2 aromatic carbocycles. The number of nitrogens with zero attached hydrogens (tertiary/aromatic N) is 1. The smallest absolute Gasteiger partial charge is 0.0477 e. The maximum Gasteiger partial charge on any atom is 0.0477 e. The quantitative estimate of drug-likeness (QED) is 0.802. The fourth-order valence-corrected chi connectivity index (χ4v) is 4.21. The third-order valence-electron chi connectivity index (χ3n) is 3.19. The minimum Gasteiger partial charge on any atom is -0.318 e. The lowest BCUT2D eigenvalue weighted by Gasteiger charge is -2.18. The number of rotatable bonds is 3. The van der Waals surface area contributed by atoms with Gasteiger partial charge < -0.3 is 4.31 Å². The van der Waals surface area contributed by atoms with Gasteiger partial charge in [-0.15, -0.1) is 0 Å². The van der Waals surface area contributed by atoms with Crippen LogP contribution in [0.1, 0.15) is 6.42 Å². The van der Waals surface area contributed by atoms with Crippen LogP contribution in [0.5, 0.6) is 0 Å².